The van der Waals surface area contributed by atoms with E-state index in [1.54, 1.807) is 18.2 Å². The maximum Gasteiger partial charge on any atom is 0.246 e. The number of fused-ring (bicyclic) bond motifs is 1. The molecule has 0 N–H and O–H groups in total. The molecule has 7 nitrogen and oxygen atoms in total. The van der Waals surface area contributed by atoms with Gasteiger partial charge in [0, 0.05) is 31.1 Å². The highest BCUT2D eigenvalue weighted by Crippen LogP contribution is 2.30. The number of methoxy groups -OCH3 is 1. The number of hydrogen-bond acceptors (Lipinski definition) is 6. The standard InChI is InChI=1S/C28H31FN4O3/c1-5-20-18-32(14-15-33(20)27(34)6-2)28-22-17-21(36-7-3)10-12-24(22)30-26(31-28)13-9-19-8-11-23(29)25(16-19)35-4/h6,8-13,16-17,20H,2,5,7,14-15,18H2,1,3-4H3/b13-9+/t20-/m1/s1. The summed E-state index contributed by atoms with van der Waals surface area (Å²) in [5, 5.41) is 0.889. The van der Waals surface area contributed by atoms with Gasteiger partial charge in [-0.2, -0.15) is 0 Å². The van der Waals surface area contributed by atoms with Crippen molar-refractivity contribution in [3.8, 4) is 11.5 Å². The van der Waals surface area contributed by atoms with E-state index >= 15 is 0 Å². The minimum absolute atomic E-state index is 0.0500. The molecule has 0 bridgehead atoms. The average molecular weight is 491 g/mol. The summed E-state index contributed by atoms with van der Waals surface area (Å²) in [5.74, 6) is 1.79. The molecule has 8 heteroatoms. The second-order valence-corrected chi connectivity index (χ2v) is 8.49. The van der Waals surface area contributed by atoms with Gasteiger partial charge in [-0.25, -0.2) is 14.4 Å². The number of anilines is 1. The molecular formula is C28H31FN4O3. The van der Waals surface area contributed by atoms with Gasteiger partial charge in [-0.3, -0.25) is 4.79 Å². The molecule has 0 spiro atoms. The Labute approximate surface area is 210 Å². The van der Waals surface area contributed by atoms with Crippen LogP contribution in [0.2, 0.25) is 0 Å². The van der Waals surface area contributed by atoms with Gasteiger partial charge >= 0.3 is 0 Å². The highest BCUT2D eigenvalue weighted by atomic mass is 19.1. The molecular weight excluding hydrogens is 459 g/mol. The number of benzene rings is 2. The fraction of sp³-hybridized carbons (Fsp3) is 0.321. The van der Waals surface area contributed by atoms with E-state index in [1.165, 1.54) is 19.3 Å². The Bertz CT molecular complexity index is 1290. The summed E-state index contributed by atoms with van der Waals surface area (Å²) in [6, 6.07) is 10.5. The maximum atomic E-state index is 13.8. The largest absolute Gasteiger partial charge is 0.494 e. The fourth-order valence-corrected chi connectivity index (χ4v) is 4.44. The molecule has 1 aromatic heterocycles. The van der Waals surface area contributed by atoms with Crippen molar-refractivity contribution in [3.05, 3.63) is 66.3 Å². The van der Waals surface area contributed by atoms with E-state index in [2.05, 4.69) is 18.4 Å². The fourth-order valence-electron chi connectivity index (χ4n) is 4.44. The lowest BCUT2D eigenvalue weighted by Crippen LogP contribution is -2.55. The highest BCUT2D eigenvalue weighted by Gasteiger charge is 2.29. The molecule has 1 amide bonds. The number of carbonyl (C=O) groups is 1. The van der Waals surface area contributed by atoms with Crippen LogP contribution in [0.4, 0.5) is 10.2 Å². The first-order valence-electron chi connectivity index (χ1n) is 12.1. The normalized spacial score (nSPS) is 15.9. The van der Waals surface area contributed by atoms with Crippen LogP contribution >= 0.6 is 0 Å². The van der Waals surface area contributed by atoms with Crippen LogP contribution in [-0.4, -0.2) is 60.2 Å². The number of halogens is 1. The zero-order valence-electron chi connectivity index (χ0n) is 20.9. The van der Waals surface area contributed by atoms with Crippen molar-refractivity contribution in [2.45, 2.75) is 26.3 Å². The number of hydrogen-bond donors (Lipinski definition) is 0. The van der Waals surface area contributed by atoms with Crippen LogP contribution in [0.1, 0.15) is 31.7 Å². The Morgan fingerprint density at radius 2 is 2.00 bits per heavy atom. The van der Waals surface area contributed by atoms with Crippen LogP contribution in [0, 0.1) is 5.82 Å². The molecule has 0 radical (unpaired) electrons. The summed E-state index contributed by atoms with van der Waals surface area (Å²) < 4.78 is 24.6. The first-order valence-corrected chi connectivity index (χ1v) is 12.1. The van der Waals surface area contributed by atoms with E-state index in [1.807, 2.05) is 36.1 Å². The van der Waals surface area contributed by atoms with Crippen molar-refractivity contribution in [2.75, 3.05) is 38.3 Å². The minimum atomic E-state index is -0.413. The van der Waals surface area contributed by atoms with Crippen LogP contribution in [0.5, 0.6) is 11.5 Å². The van der Waals surface area contributed by atoms with Gasteiger partial charge < -0.3 is 19.3 Å². The van der Waals surface area contributed by atoms with Gasteiger partial charge in [-0.15, -0.1) is 0 Å². The molecule has 36 heavy (non-hydrogen) atoms. The van der Waals surface area contributed by atoms with Gasteiger partial charge in [-0.05, 0) is 61.4 Å². The Balaban J connectivity index is 1.73. The number of amides is 1. The summed E-state index contributed by atoms with van der Waals surface area (Å²) in [6.07, 6.45) is 5.83. The van der Waals surface area contributed by atoms with Crippen molar-refractivity contribution in [1.29, 1.82) is 0 Å². The third kappa shape index (κ3) is 5.32. The van der Waals surface area contributed by atoms with E-state index in [9.17, 15) is 9.18 Å². The molecule has 0 aliphatic carbocycles. The SMILES string of the molecule is C=CC(=O)N1CCN(c2nc(/C=C/c3ccc(F)c(OC)c3)nc3ccc(OCC)cc23)C[C@H]1CC. The van der Waals surface area contributed by atoms with Crippen LogP contribution in [0.3, 0.4) is 0 Å². The Kier molecular flexibility index (Phi) is 7.83. The Morgan fingerprint density at radius 1 is 1.17 bits per heavy atom. The van der Waals surface area contributed by atoms with Gasteiger partial charge in [0.15, 0.2) is 17.4 Å². The number of rotatable bonds is 8. The lowest BCUT2D eigenvalue weighted by Gasteiger charge is -2.41. The molecule has 2 heterocycles. The van der Waals surface area contributed by atoms with Crippen molar-refractivity contribution in [3.63, 3.8) is 0 Å². The van der Waals surface area contributed by atoms with Crippen molar-refractivity contribution in [2.24, 2.45) is 0 Å². The van der Waals surface area contributed by atoms with Crippen molar-refractivity contribution >= 4 is 34.8 Å². The average Bonchev–Trinajstić information content (AvgIpc) is 2.91. The molecule has 4 rings (SSSR count). The van der Waals surface area contributed by atoms with E-state index in [-0.39, 0.29) is 17.7 Å². The van der Waals surface area contributed by atoms with Crippen LogP contribution in [-0.2, 0) is 4.79 Å². The molecule has 2 aromatic carbocycles. The van der Waals surface area contributed by atoms with E-state index in [0.717, 1.165) is 34.5 Å². The molecule has 1 aliphatic heterocycles. The summed E-state index contributed by atoms with van der Waals surface area (Å²) in [7, 11) is 1.44. The van der Waals surface area contributed by atoms with Crippen LogP contribution in [0.25, 0.3) is 23.1 Å². The maximum absolute atomic E-state index is 13.8. The highest BCUT2D eigenvalue weighted by molar-refractivity contribution is 5.92. The monoisotopic (exact) mass is 490 g/mol. The van der Waals surface area contributed by atoms with Gasteiger partial charge in [-0.1, -0.05) is 25.6 Å². The molecule has 3 aromatic rings. The second kappa shape index (κ2) is 11.2. The first-order chi connectivity index (χ1) is 17.5. The molecule has 1 atom stereocenters. The molecule has 188 valence electrons. The molecule has 1 fully saturated rings. The summed E-state index contributed by atoms with van der Waals surface area (Å²) in [6.45, 7) is 10.1. The lowest BCUT2D eigenvalue weighted by molar-refractivity contribution is -0.128. The zero-order valence-corrected chi connectivity index (χ0v) is 20.9. The molecule has 1 saturated heterocycles. The topological polar surface area (TPSA) is 67.8 Å². The minimum Gasteiger partial charge on any atom is -0.494 e. The summed E-state index contributed by atoms with van der Waals surface area (Å²) >= 11 is 0. The Morgan fingerprint density at radius 3 is 2.72 bits per heavy atom. The van der Waals surface area contributed by atoms with E-state index < -0.39 is 5.82 Å². The summed E-state index contributed by atoms with van der Waals surface area (Å²) in [5.41, 5.74) is 1.56. The predicted octanol–water partition coefficient (Wildman–Crippen LogP) is 4.96. The van der Waals surface area contributed by atoms with Crippen LogP contribution in [0.15, 0.2) is 49.1 Å². The van der Waals surface area contributed by atoms with Gasteiger partial charge in [0.25, 0.3) is 0 Å². The van der Waals surface area contributed by atoms with Crippen molar-refractivity contribution in [1.82, 2.24) is 14.9 Å². The number of aromatic nitrogens is 2. The van der Waals surface area contributed by atoms with E-state index in [0.29, 0.717) is 32.1 Å². The zero-order chi connectivity index (χ0) is 25.7. The number of carbonyl (C=O) groups excluding carboxylic acids is 1. The first kappa shape index (κ1) is 25.2. The Hall–Kier alpha value is -3.94. The molecule has 0 saturated carbocycles. The third-order valence-corrected chi connectivity index (χ3v) is 6.29. The van der Waals surface area contributed by atoms with Gasteiger partial charge in [0.2, 0.25) is 5.91 Å². The van der Waals surface area contributed by atoms with Gasteiger partial charge in [0.05, 0.1) is 19.2 Å². The quantitative estimate of drug-likeness (QED) is 0.416. The smallest absolute Gasteiger partial charge is 0.246 e. The molecule has 0 unspecified atom stereocenters. The lowest BCUT2D eigenvalue weighted by atomic mass is 10.1. The van der Waals surface area contributed by atoms with Gasteiger partial charge in [0.1, 0.15) is 11.6 Å². The van der Waals surface area contributed by atoms with E-state index in [4.69, 9.17) is 19.4 Å². The number of ether oxygens (including phenoxy) is 2. The number of nitrogens with zero attached hydrogens (tertiary/aromatic N) is 4. The second-order valence-electron chi connectivity index (χ2n) is 8.49. The summed E-state index contributed by atoms with van der Waals surface area (Å²) in [4.78, 5) is 26.1. The van der Waals surface area contributed by atoms with Crippen LogP contribution < -0.4 is 14.4 Å². The predicted molar refractivity (Wildman–Crippen MR) is 141 cm³/mol. The molecule has 1 aliphatic rings. The third-order valence-electron chi connectivity index (χ3n) is 6.29. The number of piperazine rings is 1. The van der Waals surface area contributed by atoms with Crippen molar-refractivity contribution < 1.29 is 18.7 Å².